The van der Waals surface area contributed by atoms with Gasteiger partial charge in [0.2, 0.25) is 0 Å². The zero-order valence-electron chi connectivity index (χ0n) is 15.6. The number of rotatable bonds is 7. The first kappa shape index (κ1) is 20.7. The van der Waals surface area contributed by atoms with Crippen molar-refractivity contribution >= 4 is 32.6 Å². The quantitative estimate of drug-likeness (QED) is 0.569. The number of benzene rings is 1. The normalized spacial score (nSPS) is 11.1. The number of ether oxygens (including phenoxy) is 1. The molecule has 0 atom stereocenters. The van der Waals surface area contributed by atoms with Crippen LogP contribution in [0.3, 0.4) is 0 Å². The monoisotopic (exact) mass is 434 g/mol. The number of thiazole rings is 1. The maximum atomic E-state index is 12.6. The van der Waals surface area contributed by atoms with Crippen molar-refractivity contribution in [2.75, 3.05) is 18.7 Å². The molecule has 2 amide bonds. The lowest BCUT2D eigenvalue weighted by atomic mass is 10.2. The molecule has 11 heteroatoms. The van der Waals surface area contributed by atoms with E-state index in [4.69, 9.17) is 9.02 Å². The summed E-state index contributed by atoms with van der Waals surface area (Å²) in [6.45, 7) is -0.112. The minimum atomic E-state index is -3.92. The number of carbonyl (C=O) groups is 1. The Morgan fingerprint density at radius 1 is 1.24 bits per heavy atom. The average Bonchev–Trinajstić information content (AvgIpc) is 3.16. The Bertz CT molecular complexity index is 1090. The number of nitrogens with zero attached hydrogens (tertiary/aromatic N) is 3. The van der Waals surface area contributed by atoms with Crippen molar-refractivity contribution in [1.29, 1.82) is 0 Å². The Kier molecular flexibility index (Phi) is 6.42. The molecule has 29 heavy (non-hydrogen) atoms. The van der Waals surface area contributed by atoms with Crippen molar-refractivity contribution in [2.24, 2.45) is 0 Å². The number of nitrogens with one attached hydrogen (secondary N) is 1. The van der Waals surface area contributed by atoms with Crippen LogP contribution in [0.2, 0.25) is 0 Å². The highest BCUT2D eigenvalue weighted by Crippen LogP contribution is 2.25. The summed E-state index contributed by atoms with van der Waals surface area (Å²) in [4.78, 5) is 20.9. The number of hydroxylamine groups is 2. The zero-order valence-corrected chi connectivity index (χ0v) is 17.2. The lowest BCUT2D eigenvalue weighted by Gasteiger charge is -2.20. The van der Waals surface area contributed by atoms with Gasteiger partial charge >= 0.3 is 6.03 Å². The van der Waals surface area contributed by atoms with Crippen molar-refractivity contribution in [3.8, 4) is 17.0 Å². The van der Waals surface area contributed by atoms with Gasteiger partial charge in [0.05, 0.1) is 25.6 Å². The third-order valence-electron chi connectivity index (χ3n) is 3.61. The first-order chi connectivity index (χ1) is 13.8. The highest BCUT2D eigenvalue weighted by atomic mass is 32.2. The van der Waals surface area contributed by atoms with Crippen molar-refractivity contribution in [2.45, 2.75) is 6.54 Å². The summed E-state index contributed by atoms with van der Waals surface area (Å²) in [7, 11) is -2.41. The molecule has 3 rings (SSSR count). The summed E-state index contributed by atoms with van der Waals surface area (Å²) in [5, 5.41) is 5.35. The Labute approximate surface area is 172 Å². The van der Waals surface area contributed by atoms with Gasteiger partial charge in [0.1, 0.15) is 5.75 Å². The van der Waals surface area contributed by atoms with Crippen LogP contribution in [0.25, 0.3) is 11.3 Å². The van der Waals surface area contributed by atoms with Gasteiger partial charge in [-0.3, -0.25) is 10.3 Å². The summed E-state index contributed by atoms with van der Waals surface area (Å²) < 4.78 is 33.2. The maximum absolute atomic E-state index is 12.6. The minimum absolute atomic E-state index is 0.112. The molecule has 1 aromatic carbocycles. The van der Waals surface area contributed by atoms with Crippen LogP contribution in [0, 0.1) is 0 Å². The average molecular weight is 434 g/mol. The number of urea groups is 1. The van der Waals surface area contributed by atoms with Crippen LogP contribution in [-0.2, 0) is 20.9 Å². The molecule has 152 valence electrons. The van der Waals surface area contributed by atoms with Gasteiger partial charge in [-0.2, -0.15) is 13.5 Å². The number of anilines is 1. The molecule has 0 bridgehead atoms. The number of hydrogen-bond acceptors (Lipinski definition) is 8. The zero-order chi connectivity index (χ0) is 20.9. The lowest BCUT2D eigenvalue weighted by Crippen LogP contribution is -2.36. The number of pyridine rings is 1. The Balaban J connectivity index is 1.77. The number of aromatic nitrogens is 2. The van der Waals surface area contributed by atoms with Crippen LogP contribution in [-0.4, -0.2) is 42.8 Å². The number of carbonyl (C=O) groups excluding carboxylic acids is 1. The largest absolute Gasteiger partial charge is 0.497 e. The fourth-order valence-corrected chi connectivity index (χ4v) is 3.53. The first-order valence-electron chi connectivity index (χ1n) is 8.31. The molecule has 0 aliphatic carbocycles. The molecule has 0 unspecified atom stereocenters. The van der Waals surface area contributed by atoms with Gasteiger partial charge in [0, 0.05) is 23.3 Å². The fraction of sp³-hybridized carbons (Fsp3) is 0.167. The van der Waals surface area contributed by atoms with Crippen LogP contribution < -0.4 is 10.1 Å². The van der Waals surface area contributed by atoms with Crippen LogP contribution in [0.4, 0.5) is 9.93 Å². The molecule has 0 radical (unpaired) electrons. The molecule has 2 aromatic heterocycles. The van der Waals surface area contributed by atoms with Crippen LogP contribution in [0.5, 0.6) is 5.75 Å². The maximum Gasteiger partial charge on any atom is 0.349 e. The van der Waals surface area contributed by atoms with Crippen LogP contribution >= 0.6 is 11.3 Å². The highest BCUT2D eigenvalue weighted by Gasteiger charge is 2.21. The summed E-state index contributed by atoms with van der Waals surface area (Å²) in [5.41, 5.74) is 2.13. The van der Waals surface area contributed by atoms with Crippen molar-refractivity contribution in [1.82, 2.24) is 15.0 Å². The van der Waals surface area contributed by atoms with E-state index < -0.39 is 16.1 Å². The third-order valence-corrected chi connectivity index (χ3v) is 4.81. The van der Waals surface area contributed by atoms with Gasteiger partial charge < -0.3 is 4.74 Å². The fourth-order valence-electron chi connectivity index (χ4n) is 2.37. The predicted molar refractivity (Wildman–Crippen MR) is 109 cm³/mol. The standard InChI is InChI=1S/C18H18N4O5S2/c1-26-15-5-3-4-13(10-15)11-22(27-29(2,24)25)18(23)21-17-20-16(12-28-17)14-6-8-19-9-7-14/h3-10,12H,11H2,1-2H3,(H,20,21,23). The van der Waals surface area contributed by atoms with E-state index in [0.717, 1.165) is 16.9 Å². The van der Waals surface area contributed by atoms with E-state index in [0.29, 0.717) is 22.1 Å². The van der Waals surface area contributed by atoms with Gasteiger partial charge in [-0.25, -0.2) is 9.78 Å². The molecule has 0 aliphatic heterocycles. The molecule has 2 heterocycles. The molecule has 0 spiro atoms. The van der Waals surface area contributed by atoms with Gasteiger partial charge in [0.25, 0.3) is 10.1 Å². The van der Waals surface area contributed by atoms with Crippen molar-refractivity contribution in [3.63, 3.8) is 0 Å². The van der Waals surface area contributed by atoms with Crippen LogP contribution in [0.15, 0.2) is 54.2 Å². The number of amides is 2. The number of hydrogen-bond donors (Lipinski definition) is 1. The van der Waals surface area contributed by atoms with E-state index in [1.807, 2.05) is 0 Å². The van der Waals surface area contributed by atoms with E-state index in [-0.39, 0.29) is 6.54 Å². The summed E-state index contributed by atoms with van der Waals surface area (Å²) in [6.07, 6.45) is 4.15. The summed E-state index contributed by atoms with van der Waals surface area (Å²) in [5.74, 6) is 0.573. The Morgan fingerprint density at radius 3 is 2.69 bits per heavy atom. The molecule has 0 aliphatic rings. The lowest BCUT2D eigenvalue weighted by molar-refractivity contribution is -0.00623. The Hall–Kier alpha value is -3.02. The van der Waals surface area contributed by atoms with Gasteiger partial charge in [-0.1, -0.05) is 12.1 Å². The SMILES string of the molecule is COc1cccc(CN(OS(C)(=O)=O)C(=O)Nc2nc(-c3ccncc3)cs2)c1. The molecular weight excluding hydrogens is 416 g/mol. The van der Waals surface area contributed by atoms with Gasteiger partial charge in [-0.15, -0.1) is 15.6 Å². The highest BCUT2D eigenvalue weighted by molar-refractivity contribution is 7.85. The summed E-state index contributed by atoms with van der Waals surface area (Å²) >= 11 is 1.21. The molecular formula is C18H18N4O5S2. The first-order valence-corrected chi connectivity index (χ1v) is 11.0. The van der Waals surface area contributed by atoms with Crippen molar-refractivity contribution in [3.05, 3.63) is 59.7 Å². The van der Waals surface area contributed by atoms with E-state index in [9.17, 15) is 13.2 Å². The molecule has 0 fully saturated rings. The van der Waals surface area contributed by atoms with Gasteiger partial charge in [0.15, 0.2) is 5.13 Å². The third kappa shape index (κ3) is 5.98. The van der Waals surface area contributed by atoms with Crippen LogP contribution in [0.1, 0.15) is 5.56 Å². The number of methoxy groups -OCH3 is 1. The second kappa shape index (κ2) is 8.99. The molecule has 1 N–H and O–H groups in total. The van der Waals surface area contributed by atoms with E-state index in [2.05, 4.69) is 15.3 Å². The second-order valence-corrected chi connectivity index (χ2v) is 8.29. The molecule has 3 aromatic rings. The molecule has 0 saturated carbocycles. The second-order valence-electron chi connectivity index (χ2n) is 5.87. The Morgan fingerprint density at radius 2 is 2.00 bits per heavy atom. The smallest absolute Gasteiger partial charge is 0.349 e. The van der Waals surface area contributed by atoms with E-state index in [1.54, 1.807) is 54.2 Å². The van der Waals surface area contributed by atoms with E-state index in [1.165, 1.54) is 18.4 Å². The van der Waals surface area contributed by atoms with Crippen molar-refractivity contribution < 1.29 is 22.2 Å². The predicted octanol–water partition coefficient (Wildman–Crippen LogP) is 3.14. The summed E-state index contributed by atoms with van der Waals surface area (Å²) in [6, 6.07) is 9.68. The van der Waals surface area contributed by atoms with E-state index >= 15 is 0 Å². The minimum Gasteiger partial charge on any atom is -0.497 e. The molecule has 0 saturated heterocycles. The van der Waals surface area contributed by atoms with Gasteiger partial charge in [-0.05, 0) is 29.8 Å². The molecule has 9 nitrogen and oxygen atoms in total. The topological polar surface area (TPSA) is 111 Å².